The van der Waals surface area contributed by atoms with Crippen molar-refractivity contribution in [1.82, 2.24) is 20.1 Å². The highest BCUT2D eigenvalue weighted by atomic mass is 35.5. The molecule has 1 heterocycles. The summed E-state index contributed by atoms with van der Waals surface area (Å²) in [5, 5.41) is 10.3. The molecule has 0 fully saturated rings. The zero-order valence-corrected chi connectivity index (χ0v) is 13.3. The number of carbonyl (C=O) groups is 1. The maximum Gasteiger partial charge on any atom is 0.240 e. The first-order valence-corrected chi connectivity index (χ1v) is 7.54. The number of nitrogens with zero attached hydrogens (tertiary/aromatic N) is 2. The van der Waals surface area contributed by atoms with Gasteiger partial charge < -0.3 is 5.32 Å². The predicted molar refractivity (Wildman–Crippen MR) is 84.7 cm³/mol. The van der Waals surface area contributed by atoms with Crippen molar-refractivity contribution in [3.63, 3.8) is 0 Å². The smallest absolute Gasteiger partial charge is 0.240 e. The average molecular weight is 325 g/mol. The van der Waals surface area contributed by atoms with Crippen molar-refractivity contribution >= 4 is 29.7 Å². The van der Waals surface area contributed by atoms with E-state index in [1.165, 1.54) is 0 Å². The minimum atomic E-state index is -0.121. The molecule has 2 N–H and O–H groups in total. The molecule has 0 bridgehead atoms. The van der Waals surface area contributed by atoms with Crippen LogP contribution in [-0.2, 0) is 24.3 Å². The number of halogens is 1. The highest BCUT2D eigenvalue weighted by Gasteiger charge is 2.10. The van der Waals surface area contributed by atoms with Crippen molar-refractivity contribution in [3.05, 3.63) is 45.4 Å². The molecular weight excluding hydrogens is 308 g/mol. The molecule has 2 aromatic rings. The molecular formula is C14H17ClN4OS. The third kappa shape index (κ3) is 4.15. The Bertz CT molecular complexity index is 680. The SMILES string of the molecule is CCCc1n[nH]c(=S)n1CC(=O)NCc1ccccc1Cl. The Balaban J connectivity index is 1.98. The quantitative estimate of drug-likeness (QED) is 0.803. The number of aromatic nitrogens is 3. The molecule has 1 aromatic carbocycles. The molecule has 0 aliphatic carbocycles. The van der Waals surface area contributed by atoms with Crippen molar-refractivity contribution < 1.29 is 4.79 Å². The summed E-state index contributed by atoms with van der Waals surface area (Å²) in [5.74, 6) is 0.681. The first-order chi connectivity index (χ1) is 10.1. The first kappa shape index (κ1) is 15.7. The van der Waals surface area contributed by atoms with Gasteiger partial charge in [0.2, 0.25) is 5.91 Å². The van der Waals surface area contributed by atoms with Gasteiger partial charge in [0.1, 0.15) is 12.4 Å². The lowest BCUT2D eigenvalue weighted by molar-refractivity contribution is -0.121. The molecule has 1 amide bonds. The molecule has 0 saturated heterocycles. The van der Waals surface area contributed by atoms with Crippen molar-refractivity contribution in [2.24, 2.45) is 0 Å². The maximum atomic E-state index is 12.0. The summed E-state index contributed by atoms with van der Waals surface area (Å²) in [5.41, 5.74) is 0.886. The van der Waals surface area contributed by atoms with Crippen LogP contribution in [0.25, 0.3) is 0 Å². The van der Waals surface area contributed by atoms with Gasteiger partial charge in [0.25, 0.3) is 0 Å². The summed E-state index contributed by atoms with van der Waals surface area (Å²) in [6.45, 7) is 2.61. The van der Waals surface area contributed by atoms with Crippen LogP contribution >= 0.6 is 23.8 Å². The van der Waals surface area contributed by atoms with E-state index in [2.05, 4.69) is 22.4 Å². The van der Waals surface area contributed by atoms with Gasteiger partial charge in [-0.25, -0.2) is 0 Å². The van der Waals surface area contributed by atoms with Gasteiger partial charge in [0, 0.05) is 18.0 Å². The van der Waals surface area contributed by atoms with E-state index < -0.39 is 0 Å². The Labute approximate surface area is 133 Å². The predicted octanol–water partition coefficient (Wildman–Crippen LogP) is 2.86. The van der Waals surface area contributed by atoms with Gasteiger partial charge in [-0.15, -0.1) is 0 Å². The lowest BCUT2D eigenvalue weighted by Crippen LogP contribution is -2.28. The average Bonchev–Trinajstić information content (AvgIpc) is 2.80. The molecule has 1 aromatic heterocycles. The normalized spacial score (nSPS) is 10.6. The maximum absolute atomic E-state index is 12.0. The van der Waals surface area contributed by atoms with Crippen molar-refractivity contribution in [2.75, 3.05) is 0 Å². The van der Waals surface area contributed by atoms with Crippen LogP contribution in [0.2, 0.25) is 5.02 Å². The minimum absolute atomic E-state index is 0.121. The van der Waals surface area contributed by atoms with Gasteiger partial charge in [-0.3, -0.25) is 14.5 Å². The van der Waals surface area contributed by atoms with E-state index in [1.807, 2.05) is 18.2 Å². The van der Waals surface area contributed by atoms with Gasteiger partial charge in [-0.1, -0.05) is 36.7 Å². The van der Waals surface area contributed by atoms with Gasteiger partial charge in [0.05, 0.1) is 0 Å². The Morgan fingerprint density at radius 1 is 1.48 bits per heavy atom. The van der Waals surface area contributed by atoms with Gasteiger partial charge >= 0.3 is 0 Å². The second-order valence-corrected chi connectivity index (χ2v) is 5.44. The number of H-pyrrole nitrogens is 1. The summed E-state index contributed by atoms with van der Waals surface area (Å²) >= 11 is 11.2. The van der Waals surface area contributed by atoms with Crippen molar-refractivity contribution in [1.29, 1.82) is 0 Å². The minimum Gasteiger partial charge on any atom is -0.350 e. The Kier molecular flexibility index (Phi) is 5.52. The number of hydrogen-bond acceptors (Lipinski definition) is 3. The molecule has 2 rings (SSSR count). The third-order valence-electron chi connectivity index (χ3n) is 3.05. The van der Waals surface area contributed by atoms with Gasteiger partial charge in [-0.05, 0) is 30.3 Å². The summed E-state index contributed by atoms with van der Waals surface area (Å²) in [4.78, 5) is 12.0. The molecule has 0 radical (unpaired) electrons. The second-order valence-electron chi connectivity index (χ2n) is 4.65. The van der Waals surface area contributed by atoms with Crippen LogP contribution in [0.4, 0.5) is 0 Å². The molecule has 0 spiro atoms. The lowest BCUT2D eigenvalue weighted by atomic mass is 10.2. The number of carbonyl (C=O) groups excluding carboxylic acids is 1. The summed E-state index contributed by atoms with van der Waals surface area (Å²) in [6.07, 6.45) is 1.73. The number of rotatable bonds is 6. The molecule has 0 unspecified atom stereocenters. The highest BCUT2D eigenvalue weighted by molar-refractivity contribution is 7.71. The zero-order chi connectivity index (χ0) is 15.2. The molecule has 112 valence electrons. The van der Waals surface area contributed by atoms with E-state index in [4.69, 9.17) is 23.8 Å². The fourth-order valence-corrected chi connectivity index (χ4v) is 2.38. The van der Waals surface area contributed by atoms with Gasteiger partial charge in [0.15, 0.2) is 4.77 Å². The number of hydrogen-bond donors (Lipinski definition) is 2. The zero-order valence-electron chi connectivity index (χ0n) is 11.7. The lowest BCUT2D eigenvalue weighted by Gasteiger charge is -2.08. The van der Waals surface area contributed by atoms with E-state index in [9.17, 15) is 4.79 Å². The van der Waals surface area contributed by atoms with Crippen LogP contribution in [-0.4, -0.2) is 20.7 Å². The van der Waals surface area contributed by atoms with E-state index in [0.29, 0.717) is 16.3 Å². The van der Waals surface area contributed by atoms with E-state index in [-0.39, 0.29) is 12.5 Å². The monoisotopic (exact) mass is 324 g/mol. The van der Waals surface area contributed by atoms with Crippen LogP contribution in [0.1, 0.15) is 24.7 Å². The molecule has 0 saturated carbocycles. The Hall–Kier alpha value is -1.66. The van der Waals surface area contributed by atoms with Crippen molar-refractivity contribution in [2.45, 2.75) is 32.9 Å². The number of nitrogens with one attached hydrogen (secondary N) is 2. The van der Waals surface area contributed by atoms with Crippen LogP contribution in [0.5, 0.6) is 0 Å². The number of benzene rings is 1. The summed E-state index contributed by atoms with van der Waals surface area (Å²) in [7, 11) is 0. The Morgan fingerprint density at radius 3 is 2.95 bits per heavy atom. The molecule has 21 heavy (non-hydrogen) atoms. The standard InChI is InChI=1S/C14H17ClN4OS/c1-2-5-12-17-18-14(21)19(12)9-13(20)16-8-10-6-3-4-7-11(10)15/h3-4,6-7H,2,5,8-9H2,1H3,(H,16,20)(H,18,21). The highest BCUT2D eigenvalue weighted by Crippen LogP contribution is 2.14. The second kappa shape index (κ2) is 7.38. The van der Waals surface area contributed by atoms with Crippen LogP contribution in [0, 0.1) is 4.77 Å². The molecule has 0 aliphatic heterocycles. The summed E-state index contributed by atoms with van der Waals surface area (Å²) < 4.78 is 2.19. The first-order valence-electron chi connectivity index (χ1n) is 6.76. The fourth-order valence-electron chi connectivity index (χ4n) is 1.96. The van der Waals surface area contributed by atoms with Crippen LogP contribution < -0.4 is 5.32 Å². The molecule has 5 nitrogen and oxygen atoms in total. The summed E-state index contributed by atoms with van der Waals surface area (Å²) in [6, 6.07) is 7.43. The van der Waals surface area contributed by atoms with Crippen LogP contribution in [0.15, 0.2) is 24.3 Å². The number of amides is 1. The molecule has 0 atom stereocenters. The number of aromatic amines is 1. The topological polar surface area (TPSA) is 62.7 Å². The van der Waals surface area contributed by atoms with Crippen molar-refractivity contribution in [3.8, 4) is 0 Å². The van der Waals surface area contributed by atoms with E-state index in [1.54, 1.807) is 10.6 Å². The molecule has 0 aliphatic rings. The van der Waals surface area contributed by atoms with Gasteiger partial charge in [-0.2, -0.15) is 5.10 Å². The van der Waals surface area contributed by atoms with Crippen LogP contribution in [0.3, 0.4) is 0 Å². The van der Waals surface area contributed by atoms with E-state index in [0.717, 1.165) is 24.2 Å². The molecule has 7 heteroatoms. The van der Waals surface area contributed by atoms with E-state index >= 15 is 0 Å². The number of aryl methyl sites for hydroxylation is 1. The Morgan fingerprint density at radius 2 is 2.24 bits per heavy atom. The fraction of sp³-hybridized carbons (Fsp3) is 0.357. The third-order valence-corrected chi connectivity index (χ3v) is 3.73. The largest absolute Gasteiger partial charge is 0.350 e.